The van der Waals surface area contributed by atoms with Crippen LogP contribution < -0.4 is 4.74 Å². The maximum Gasteiger partial charge on any atom is 0.244 e. The molecule has 0 N–H and O–H groups in total. The van der Waals surface area contributed by atoms with Gasteiger partial charge in [-0.05, 0) is 56.5 Å². The monoisotopic (exact) mass is 445 g/mol. The van der Waals surface area contributed by atoms with Gasteiger partial charge in [0.25, 0.3) is 0 Å². The molecule has 0 saturated carbocycles. The van der Waals surface area contributed by atoms with E-state index in [9.17, 15) is 4.39 Å². The molecule has 0 aliphatic heterocycles. The summed E-state index contributed by atoms with van der Waals surface area (Å²) in [5, 5.41) is 0.122. The highest BCUT2D eigenvalue weighted by molar-refractivity contribution is 6.74. The van der Waals surface area contributed by atoms with Crippen LogP contribution in [0.15, 0.2) is 29.6 Å². The van der Waals surface area contributed by atoms with Crippen LogP contribution in [-0.4, -0.2) is 36.1 Å². The van der Waals surface area contributed by atoms with Crippen LogP contribution in [-0.2, 0) is 8.85 Å². The first kappa shape index (κ1) is 24.9. The lowest BCUT2D eigenvalue weighted by atomic mass is 10.2. The summed E-state index contributed by atoms with van der Waals surface area (Å²) < 4.78 is 32.0. The topological polar surface area (TPSA) is 40.0 Å². The average molecular weight is 446 g/mol. The van der Waals surface area contributed by atoms with Gasteiger partial charge in [0.05, 0.1) is 17.2 Å². The molecule has 0 aromatic heterocycles. The predicted molar refractivity (Wildman–Crippen MR) is 121 cm³/mol. The zero-order chi connectivity index (χ0) is 21.8. The summed E-state index contributed by atoms with van der Waals surface area (Å²) in [5.41, 5.74) is 0.167. The van der Waals surface area contributed by atoms with Crippen LogP contribution in [0, 0.1) is 5.82 Å². The first-order chi connectivity index (χ1) is 12.6. The van der Waals surface area contributed by atoms with Crippen molar-refractivity contribution in [2.24, 2.45) is 4.99 Å². The summed E-state index contributed by atoms with van der Waals surface area (Å²) in [7, 11) is -3.69. The van der Waals surface area contributed by atoms with Crippen LogP contribution >= 0.6 is 11.6 Å². The van der Waals surface area contributed by atoms with E-state index < -0.39 is 22.5 Å². The van der Waals surface area contributed by atoms with Gasteiger partial charge in [-0.3, -0.25) is 0 Å². The Morgan fingerprint density at radius 3 is 2.32 bits per heavy atom. The average Bonchev–Trinajstić information content (AvgIpc) is 2.51. The van der Waals surface area contributed by atoms with Crippen molar-refractivity contribution in [3.63, 3.8) is 0 Å². The van der Waals surface area contributed by atoms with Gasteiger partial charge in [0.1, 0.15) is 12.4 Å². The third-order valence-corrected chi connectivity index (χ3v) is 10.1. The molecule has 1 aromatic rings. The van der Waals surface area contributed by atoms with E-state index >= 15 is 0 Å². The second-order valence-corrected chi connectivity index (χ2v) is 18.7. The Morgan fingerprint density at radius 1 is 1.18 bits per heavy atom. The van der Waals surface area contributed by atoms with Crippen LogP contribution in [0.1, 0.15) is 26.3 Å². The lowest BCUT2D eigenvalue weighted by Crippen LogP contribution is -2.41. The number of rotatable bonds is 9. The Bertz CT molecular complexity index is 725. The Kier molecular flexibility index (Phi) is 8.50. The van der Waals surface area contributed by atoms with Gasteiger partial charge >= 0.3 is 0 Å². The minimum absolute atomic E-state index is 0.00282. The molecule has 0 amide bonds. The van der Waals surface area contributed by atoms with Gasteiger partial charge in [-0.25, -0.2) is 9.38 Å². The number of nitrogens with zero attached hydrogens (tertiary/aromatic N) is 1. The molecular weight excluding hydrogens is 413 g/mol. The summed E-state index contributed by atoms with van der Waals surface area (Å²) in [6, 6.07) is 3.09. The SMILES string of the molecule is C=C(N=Cc1c(OCCO[Si](C)(C)C(C)(C)C)ccc(Cl)c1F)O[Si](C)(C)C. The van der Waals surface area contributed by atoms with E-state index in [1.165, 1.54) is 12.3 Å². The molecule has 0 unspecified atom stereocenters. The molecule has 0 heterocycles. The molecule has 8 heteroatoms. The van der Waals surface area contributed by atoms with Gasteiger partial charge < -0.3 is 13.6 Å². The largest absolute Gasteiger partial charge is 0.532 e. The van der Waals surface area contributed by atoms with Crippen molar-refractivity contribution in [3.05, 3.63) is 41.0 Å². The second-order valence-electron chi connectivity index (χ2n) is 9.10. The minimum atomic E-state index is -1.86. The van der Waals surface area contributed by atoms with Crippen molar-refractivity contribution < 1.29 is 18.0 Å². The molecule has 0 saturated heterocycles. The number of halogens is 2. The quantitative estimate of drug-likeness (QED) is 0.185. The lowest BCUT2D eigenvalue weighted by molar-refractivity contribution is 0.203. The smallest absolute Gasteiger partial charge is 0.244 e. The van der Waals surface area contributed by atoms with Gasteiger partial charge in [0, 0.05) is 6.21 Å². The molecule has 1 aromatic carbocycles. The predicted octanol–water partition coefficient (Wildman–Crippen LogP) is 6.62. The fourth-order valence-corrected chi connectivity index (χ4v) is 3.93. The van der Waals surface area contributed by atoms with Crippen LogP contribution in [0.5, 0.6) is 5.75 Å². The molecule has 0 bridgehead atoms. The Labute approximate surface area is 176 Å². The highest BCUT2D eigenvalue weighted by Crippen LogP contribution is 2.36. The van der Waals surface area contributed by atoms with E-state index in [2.05, 4.69) is 45.4 Å². The number of aliphatic imine (C=N–C) groups is 1. The Hall–Kier alpha value is -1.16. The molecule has 0 fully saturated rings. The van der Waals surface area contributed by atoms with Crippen molar-refractivity contribution in [1.29, 1.82) is 0 Å². The fourth-order valence-electron chi connectivity index (χ4n) is 1.98. The zero-order valence-electron chi connectivity index (χ0n) is 18.3. The first-order valence-corrected chi connectivity index (χ1v) is 16.0. The molecule has 1 rings (SSSR count). The van der Waals surface area contributed by atoms with Crippen LogP contribution in [0.3, 0.4) is 0 Å². The summed E-state index contributed by atoms with van der Waals surface area (Å²) >= 11 is 5.92. The van der Waals surface area contributed by atoms with Crippen molar-refractivity contribution in [2.75, 3.05) is 13.2 Å². The van der Waals surface area contributed by atoms with Crippen LogP contribution in [0.2, 0.25) is 42.8 Å². The first-order valence-electron chi connectivity index (χ1n) is 9.31. The van der Waals surface area contributed by atoms with E-state index in [-0.39, 0.29) is 21.5 Å². The Balaban J connectivity index is 2.85. The summed E-state index contributed by atoms with van der Waals surface area (Å²) in [5.74, 6) is 0.00470. The zero-order valence-corrected chi connectivity index (χ0v) is 21.0. The van der Waals surface area contributed by atoms with Crippen molar-refractivity contribution in [1.82, 2.24) is 0 Å². The maximum atomic E-state index is 14.5. The van der Waals surface area contributed by atoms with E-state index in [0.29, 0.717) is 19.0 Å². The van der Waals surface area contributed by atoms with E-state index in [1.54, 1.807) is 6.07 Å². The summed E-state index contributed by atoms with van der Waals surface area (Å²) in [4.78, 5) is 4.13. The van der Waals surface area contributed by atoms with Crippen LogP contribution in [0.4, 0.5) is 4.39 Å². The molecule has 0 spiro atoms. The van der Waals surface area contributed by atoms with Crippen molar-refractivity contribution in [2.45, 2.75) is 58.5 Å². The molecule has 28 heavy (non-hydrogen) atoms. The van der Waals surface area contributed by atoms with Gasteiger partial charge in [-0.15, -0.1) is 0 Å². The van der Waals surface area contributed by atoms with Crippen molar-refractivity contribution >= 4 is 34.5 Å². The van der Waals surface area contributed by atoms with Gasteiger partial charge in [0.15, 0.2) is 20.0 Å². The van der Waals surface area contributed by atoms with Gasteiger partial charge in [0.2, 0.25) is 8.32 Å². The molecule has 4 nitrogen and oxygen atoms in total. The molecule has 0 radical (unpaired) electrons. The number of hydrogen-bond donors (Lipinski definition) is 0. The third kappa shape index (κ3) is 7.69. The van der Waals surface area contributed by atoms with E-state index in [0.717, 1.165) is 0 Å². The minimum Gasteiger partial charge on any atom is -0.532 e. The van der Waals surface area contributed by atoms with Crippen LogP contribution in [0.25, 0.3) is 0 Å². The standard InChI is InChI=1S/C20H33ClFNO3Si2/c1-15(26-27(5,6)7)23-14-16-18(11-10-17(21)19(16)22)24-12-13-25-28(8,9)20(2,3)4/h10-11,14H,1,12-13H2,2-9H3. The fraction of sp³-hybridized carbons (Fsp3) is 0.550. The normalized spacial score (nSPS) is 13.1. The molecular formula is C20H33ClFNO3Si2. The highest BCUT2D eigenvalue weighted by atomic mass is 35.5. The van der Waals surface area contributed by atoms with Gasteiger partial charge in [-0.2, -0.15) is 0 Å². The maximum absolute atomic E-state index is 14.5. The summed E-state index contributed by atoms with van der Waals surface area (Å²) in [6.07, 6.45) is 1.34. The lowest BCUT2D eigenvalue weighted by Gasteiger charge is -2.36. The molecule has 0 atom stereocenters. The number of ether oxygens (including phenoxy) is 1. The molecule has 0 aliphatic carbocycles. The number of hydrogen-bond acceptors (Lipinski definition) is 4. The molecule has 158 valence electrons. The summed E-state index contributed by atoms with van der Waals surface area (Å²) in [6.45, 7) is 21.5. The number of benzene rings is 1. The Morgan fingerprint density at radius 2 is 1.79 bits per heavy atom. The third-order valence-electron chi connectivity index (χ3n) is 4.46. The molecule has 0 aliphatic rings. The second kappa shape index (κ2) is 9.56. The van der Waals surface area contributed by atoms with E-state index in [4.69, 9.17) is 25.2 Å². The van der Waals surface area contributed by atoms with Crippen molar-refractivity contribution in [3.8, 4) is 5.75 Å². The highest BCUT2D eigenvalue weighted by Gasteiger charge is 2.36. The van der Waals surface area contributed by atoms with E-state index in [1.807, 2.05) is 19.6 Å². The van der Waals surface area contributed by atoms with Gasteiger partial charge in [-0.1, -0.05) is 32.4 Å².